The molecule has 2 N–H and O–H groups in total. The number of carbonyl (C=O) groups is 1. The Kier molecular flexibility index (Phi) is 7.91. The second-order valence-electron chi connectivity index (χ2n) is 7.12. The maximum Gasteiger partial charge on any atom is 0.222 e. The fourth-order valence-corrected chi connectivity index (χ4v) is 3.03. The summed E-state index contributed by atoms with van der Waals surface area (Å²) < 4.78 is 0. The highest BCUT2D eigenvalue weighted by molar-refractivity contribution is 5.81. The number of hydrogen-bond acceptors (Lipinski definition) is 3. The summed E-state index contributed by atoms with van der Waals surface area (Å²) in [5.41, 5.74) is 1.31. The predicted molar refractivity (Wildman–Crippen MR) is 107 cm³/mol. The Labute approximate surface area is 157 Å². The number of hydrogen-bond donors (Lipinski definition) is 2. The van der Waals surface area contributed by atoms with E-state index in [4.69, 9.17) is 4.99 Å². The van der Waals surface area contributed by atoms with Crippen LogP contribution in [-0.2, 0) is 11.3 Å². The Bertz CT molecular complexity index is 589. The fraction of sp³-hybridized carbons (Fsp3) is 0.600. The van der Waals surface area contributed by atoms with Crippen molar-refractivity contribution in [2.75, 3.05) is 33.7 Å². The van der Waals surface area contributed by atoms with Crippen molar-refractivity contribution in [3.8, 4) is 0 Å². The molecular formula is C20H33N5O. The third kappa shape index (κ3) is 6.33. The molecule has 144 valence electrons. The first-order chi connectivity index (χ1) is 12.5. The van der Waals surface area contributed by atoms with Gasteiger partial charge in [0.15, 0.2) is 5.96 Å². The molecule has 1 aromatic rings. The molecule has 2 rings (SSSR count). The Morgan fingerprint density at radius 3 is 2.77 bits per heavy atom. The second-order valence-corrected chi connectivity index (χ2v) is 7.12. The zero-order valence-electron chi connectivity index (χ0n) is 16.5. The van der Waals surface area contributed by atoms with Gasteiger partial charge in [0, 0.05) is 45.2 Å². The van der Waals surface area contributed by atoms with Crippen molar-refractivity contribution < 1.29 is 4.79 Å². The summed E-state index contributed by atoms with van der Waals surface area (Å²) in [5.74, 6) is 1.06. The van der Waals surface area contributed by atoms with Crippen LogP contribution in [-0.4, -0.2) is 67.5 Å². The minimum Gasteiger partial charge on any atom is -0.357 e. The van der Waals surface area contributed by atoms with Gasteiger partial charge in [0.2, 0.25) is 5.91 Å². The first kappa shape index (κ1) is 20.2. The van der Waals surface area contributed by atoms with Crippen molar-refractivity contribution in [2.24, 2.45) is 4.99 Å². The van der Waals surface area contributed by atoms with Gasteiger partial charge in [-0.15, -0.1) is 0 Å². The average Bonchev–Trinajstić information content (AvgIpc) is 2.63. The Morgan fingerprint density at radius 2 is 2.12 bits per heavy atom. The van der Waals surface area contributed by atoms with Crippen LogP contribution < -0.4 is 10.6 Å². The number of likely N-dealkylation sites (N-methyl/N-ethyl adjacent to an activating group) is 2. The summed E-state index contributed by atoms with van der Waals surface area (Å²) in [6.45, 7) is 7.45. The second kappa shape index (κ2) is 10.2. The molecule has 0 radical (unpaired) electrons. The molecule has 1 fully saturated rings. The molecule has 0 bridgehead atoms. The van der Waals surface area contributed by atoms with E-state index >= 15 is 0 Å². The molecule has 0 spiro atoms. The van der Waals surface area contributed by atoms with Crippen LogP contribution in [0.4, 0.5) is 0 Å². The van der Waals surface area contributed by atoms with Gasteiger partial charge in [0.05, 0.1) is 6.54 Å². The molecule has 0 aromatic heterocycles. The van der Waals surface area contributed by atoms with Crippen LogP contribution in [0.15, 0.2) is 35.3 Å². The molecule has 2 unspecified atom stereocenters. The van der Waals surface area contributed by atoms with Crippen LogP contribution in [0.5, 0.6) is 0 Å². The minimum absolute atomic E-state index is 0.223. The normalized spacial score (nSPS) is 19.6. The molecule has 1 saturated heterocycles. The maximum absolute atomic E-state index is 11.6. The number of nitrogens with one attached hydrogen (secondary N) is 2. The summed E-state index contributed by atoms with van der Waals surface area (Å²) in [7, 11) is 4.00. The average molecular weight is 360 g/mol. The monoisotopic (exact) mass is 359 g/mol. The van der Waals surface area contributed by atoms with Gasteiger partial charge >= 0.3 is 0 Å². The Morgan fingerprint density at radius 1 is 1.38 bits per heavy atom. The molecule has 1 amide bonds. The number of rotatable bonds is 7. The third-order valence-electron chi connectivity index (χ3n) is 4.85. The molecule has 6 heteroatoms. The number of nitrogens with zero attached hydrogens (tertiary/aromatic N) is 3. The van der Waals surface area contributed by atoms with Gasteiger partial charge in [-0.25, -0.2) is 0 Å². The summed E-state index contributed by atoms with van der Waals surface area (Å²) in [6, 6.07) is 11.1. The third-order valence-corrected chi connectivity index (χ3v) is 4.85. The molecule has 2 atom stereocenters. The molecule has 1 aliphatic rings. The van der Waals surface area contributed by atoms with E-state index in [-0.39, 0.29) is 11.9 Å². The molecule has 1 aliphatic heterocycles. The van der Waals surface area contributed by atoms with E-state index < -0.39 is 0 Å². The van der Waals surface area contributed by atoms with Crippen LogP contribution in [0.3, 0.4) is 0 Å². The number of aliphatic imine (C=N–C) groups is 1. The van der Waals surface area contributed by atoms with Gasteiger partial charge in [0.1, 0.15) is 0 Å². The van der Waals surface area contributed by atoms with Gasteiger partial charge in [0.25, 0.3) is 0 Å². The van der Waals surface area contributed by atoms with E-state index in [1.54, 1.807) is 4.90 Å². The van der Waals surface area contributed by atoms with Crippen molar-refractivity contribution in [2.45, 2.75) is 45.3 Å². The van der Waals surface area contributed by atoms with E-state index in [1.165, 1.54) is 5.56 Å². The number of guanidine groups is 1. The molecule has 1 aromatic carbocycles. The number of piperidine rings is 1. The number of amides is 1. The van der Waals surface area contributed by atoms with E-state index in [1.807, 2.05) is 13.1 Å². The van der Waals surface area contributed by atoms with Crippen LogP contribution in [0.1, 0.15) is 32.3 Å². The molecule has 0 saturated carbocycles. The lowest BCUT2D eigenvalue weighted by Gasteiger charge is -2.31. The number of carbonyl (C=O) groups excluding carboxylic acids is 1. The van der Waals surface area contributed by atoms with Crippen molar-refractivity contribution in [1.82, 2.24) is 20.4 Å². The largest absolute Gasteiger partial charge is 0.357 e. The summed E-state index contributed by atoms with van der Waals surface area (Å²) in [4.78, 5) is 20.5. The van der Waals surface area contributed by atoms with E-state index in [2.05, 4.69) is 60.7 Å². The van der Waals surface area contributed by atoms with Crippen LogP contribution in [0.25, 0.3) is 0 Å². The van der Waals surface area contributed by atoms with Gasteiger partial charge in [-0.3, -0.25) is 14.7 Å². The van der Waals surface area contributed by atoms with Crippen molar-refractivity contribution in [1.29, 1.82) is 0 Å². The first-order valence-corrected chi connectivity index (χ1v) is 9.52. The fourth-order valence-electron chi connectivity index (χ4n) is 3.03. The lowest BCUT2D eigenvalue weighted by Crippen LogP contribution is -2.52. The Hall–Kier alpha value is -2.08. The predicted octanol–water partition coefficient (Wildman–Crippen LogP) is 1.68. The van der Waals surface area contributed by atoms with E-state index in [9.17, 15) is 4.79 Å². The highest BCUT2D eigenvalue weighted by Gasteiger charge is 2.23. The highest BCUT2D eigenvalue weighted by Crippen LogP contribution is 2.10. The van der Waals surface area contributed by atoms with Crippen LogP contribution in [0.2, 0.25) is 0 Å². The van der Waals surface area contributed by atoms with E-state index in [0.29, 0.717) is 12.5 Å². The summed E-state index contributed by atoms with van der Waals surface area (Å²) in [6.07, 6.45) is 1.46. The lowest BCUT2D eigenvalue weighted by atomic mass is 10.1. The van der Waals surface area contributed by atoms with Gasteiger partial charge in [-0.2, -0.15) is 0 Å². The van der Waals surface area contributed by atoms with E-state index in [0.717, 1.165) is 38.6 Å². The van der Waals surface area contributed by atoms with Crippen molar-refractivity contribution >= 4 is 11.9 Å². The lowest BCUT2D eigenvalue weighted by molar-refractivity contribution is -0.132. The smallest absolute Gasteiger partial charge is 0.222 e. The van der Waals surface area contributed by atoms with Crippen LogP contribution in [0, 0.1) is 0 Å². The standard InChI is InChI=1S/C20H33N5O/c1-5-21-20(23-18-11-12-19(26)25(4)15-18)22-13-16(2)24(3)14-17-9-7-6-8-10-17/h6-10,16,18H,5,11-15H2,1-4H3,(H2,21,22,23). The zero-order valence-corrected chi connectivity index (χ0v) is 16.5. The summed E-state index contributed by atoms with van der Waals surface area (Å²) in [5, 5.41) is 6.80. The van der Waals surface area contributed by atoms with Gasteiger partial charge < -0.3 is 15.5 Å². The number of likely N-dealkylation sites (tertiary alicyclic amines) is 1. The molecule has 1 heterocycles. The molecule has 6 nitrogen and oxygen atoms in total. The highest BCUT2D eigenvalue weighted by atomic mass is 16.2. The topological polar surface area (TPSA) is 60.0 Å². The summed E-state index contributed by atoms with van der Waals surface area (Å²) >= 11 is 0. The SMILES string of the molecule is CCNC(=NCC(C)N(C)Cc1ccccc1)NC1CCC(=O)N(C)C1. The number of benzene rings is 1. The molecule has 0 aliphatic carbocycles. The zero-order chi connectivity index (χ0) is 18.9. The van der Waals surface area contributed by atoms with Gasteiger partial charge in [-0.05, 0) is 32.9 Å². The Balaban J connectivity index is 1.87. The molecule has 26 heavy (non-hydrogen) atoms. The maximum atomic E-state index is 11.6. The van der Waals surface area contributed by atoms with Gasteiger partial charge in [-0.1, -0.05) is 30.3 Å². The van der Waals surface area contributed by atoms with Crippen molar-refractivity contribution in [3.05, 3.63) is 35.9 Å². The van der Waals surface area contributed by atoms with Crippen molar-refractivity contribution in [3.63, 3.8) is 0 Å². The molecular weight excluding hydrogens is 326 g/mol. The first-order valence-electron chi connectivity index (χ1n) is 9.52. The minimum atomic E-state index is 0.223. The van der Waals surface area contributed by atoms with Crippen LogP contribution >= 0.6 is 0 Å². The quantitative estimate of drug-likeness (QED) is 0.574.